The van der Waals surface area contributed by atoms with Crippen LogP contribution in [0, 0.1) is 0 Å². The van der Waals surface area contributed by atoms with Crippen molar-refractivity contribution in [2.75, 3.05) is 6.61 Å². The molecule has 0 aromatic heterocycles. The van der Waals surface area contributed by atoms with Gasteiger partial charge in [-0.25, -0.2) is 0 Å². The summed E-state index contributed by atoms with van der Waals surface area (Å²) in [5.41, 5.74) is 0. The fourth-order valence-electron chi connectivity index (χ4n) is 1.04. The van der Waals surface area contributed by atoms with Gasteiger partial charge in [-0.2, -0.15) is 0 Å². The second kappa shape index (κ2) is 2.93. The molecule has 0 amide bonds. The number of rotatable bonds is 2. The monoisotopic (exact) mass is 158 g/mol. The molecule has 0 bridgehead atoms. The quantitative estimate of drug-likeness (QED) is 0.601. The second-order valence-corrected chi connectivity index (χ2v) is 3.09. The van der Waals surface area contributed by atoms with Gasteiger partial charge in [-0.05, 0) is 13.8 Å². The maximum absolute atomic E-state index is 9.27. The second-order valence-electron chi connectivity index (χ2n) is 3.09. The van der Waals surface area contributed by atoms with Gasteiger partial charge in [0.2, 0.25) is 0 Å². The van der Waals surface area contributed by atoms with Gasteiger partial charge in [-0.15, -0.1) is 6.58 Å². The predicted octanol–water partition coefficient (Wildman–Crippen LogP) is 0.685. The average molecular weight is 158 g/mol. The van der Waals surface area contributed by atoms with E-state index < -0.39 is 11.9 Å². The van der Waals surface area contributed by atoms with E-state index in [1.54, 1.807) is 0 Å². The molecule has 1 heterocycles. The summed E-state index contributed by atoms with van der Waals surface area (Å²) < 4.78 is 10.6. The Morgan fingerprint density at radius 1 is 1.73 bits per heavy atom. The van der Waals surface area contributed by atoms with Gasteiger partial charge in [-0.3, -0.25) is 0 Å². The maximum Gasteiger partial charge on any atom is 0.163 e. The summed E-state index contributed by atoms with van der Waals surface area (Å²) >= 11 is 0. The van der Waals surface area contributed by atoms with Gasteiger partial charge in [0.25, 0.3) is 0 Å². The Balaban J connectivity index is 2.47. The first-order chi connectivity index (χ1) is 5.05. The summed E-state index contributed by atoms with van der Waals surface area (Å²) in [6.07, 6.45) is 0.564. The van der Waals surface area contributed by atoms with E-state index in [1.807, 2.05) is 13.8 Å². The van der Waals surface area contributed by atoms with Gasteiger partial charge in [0.15, 0.2) is 5.79 Å². The van der Waals surface area contributed by atoms with Crippen molar-refractivity contribution in [3.8, 4) is 0 Å². The summed E-state index contributed by atoms with van der Waals surface area (Å²) in [7, 11) is 0. The molecule has 1 rings (SSSR count). The third-order valence-corrected chi connectivity index (χ3v) is 1.65. The molecule has 0 radical (unpaired) electrons. The molecule has 0 aromatic rings. The van der Waals surface area contributed by atoms with Crippen molar-refractivity contribution in [2.24, 2.45) is 0 Å². The minimum Gasteiger partial charge on any atom is -0.386 e. The zero-order valence-corrected chi connectivity index (χ0v) is 6.91. The van der Waals surface area contributed by atoms with Gasteiger partial charge >= 0.3 is 0 Å². The van der Waals surface area contributed by atoms with Crippen LogP contribution in [0.15, 0.2) is 12.7 Å². The number of aliphatic hydroxyl groups is 1. The average Bonchev–Trinajstić information content (AvgIpc) is 2.29. The molecule has 0 spiro atoms. The first-order valence-electron chi connectivity index (χ1n) is 3.67. The summed E-state index contributed by atoms with van der Waals surface area (Å²) in [5, 5.41) is 9.27. The standard InChI is InChI=1S/C8H14O3/c1-4-6(9)7-5-10-8(2,3)11-7/h4,6-7,9H,1,5H2,2-3H3/t6-,7-/m1/s1. The Labute approximate surface area is 66.6 Å². The Kier molecular flexibility index (Phi) is 2.32. The SMILES string of the molecule is C=C[C@@H](O)[C@H]1COC(C)(C)O1. The lowest BCUT2D eigenvalue weighted by molar-refractivity contribution is -0.147. The van der Waals surface area contributed by atoms with Crippen molar-refractivity contribution in [2.45, 2.75) is 31.8 Å². The predicted molar refractivity (Wildman–Crippen MR) is 41.1 cm³/mol. The first-order valence-corrected chi connectivity index (χ1v) is 3.67. The highest BCUT2D eigenvalue weighted by Gasteiger charge is 2.35. The molecule has 1 fully saturated rings. The fraction of sp³-hybridized carbons (Fsp3) is 0.750. The minimum atomic E-state index is -0.628. The highest BCUT2D eigenvalue weighted by atomic mass is 16.7. The molecule has 1 aliphatic rings. The largest absolute Gasteiger partial charge is 0.386 e. The fourth-order valence-corrected chi connectivity index (χ4v) is 1.04. The topological polar surface area (TPSA) is 38.7 Å². The van der Waals surface area contributed by atoms with Crippen molar-refractivity contribution in [1.29, 1.82) is 0 Å². The number of aliphatic hydroxyl groups excluding tert-OH is 1. The third kappa shape index (κ3) is 2.02. The zero-order chi connectivity index (χ0) is 8.48. The first kappa shape index (κ1) is 8.71. The highest BCUT2D eigenvalue weighted by Crippen LogP contribution is 2.24. The van der Waals surface area contributed by atoms with E-state index in [9.17, 15) is 5.11 Å². The Hall–Kier alpha value is -0.380. The van der Waals surface area contributed by atoms with Crippen molar-refractivity contribution in [3.63, 3.8) is 0 Å². The summed E-state index contributed by atoms with van der Waals surface area (Å²) in [6.45, 7) is 7.54. The van der Waals surface area contributed by atoms with E-state index in [-0.39, 0.29) is 6.10 Å². The number of hydrogen-bond acceptors (Lipinski definition) is 3. The van der Waals surface area contributed by atoms with Crippen LogP contribution in [0.1, 0.15) is 13.8 Å². The lowest BCUT2D eigenvalue weighted by Gasteiger charge is -2.18. The summed E-state index contributed by atoms with van der Waals surface area (Å²) in [5.74, 6) is -0.561. The zero-order valence-electron chi connectivity index (χ0n) is 6.91. The van der Waals surface area contributed by atoms with E-state index in [1.165, 1.54) is 6.08 Å². The smallest absolute Gasteiger partial charge is 0.163 e. The van der Waals surface area contributed by atoms with Gasteiger partial charge in [0.05, 0.1) is 6.61 Å². The van der Waals surface area contributed by atoms with Crippen LogP contribution in [0.25, 0.3) is 0 Å². The van der Waals surface area contributed by atoms with Crippen molar-refractivity contribution < 1.29 is 14.6 Å². The molecule has 3 heteroatoms. The minimum absolute atomic E-state index is 0.262. The molecule has 0 aromatic carbocycles. The van der Waals surface area contributed by atoms with Crippen molar-refractivity contribution >= 4 is 0 Å². The summed E-state index contributed by atoms with van der Waals surface area (Å²) in [6, 6.07) is 0. The normalized spacial score (nSPS) is 31.7. The third-order valence-electron chi connectivity index (χ3n) is 1.65. The molecule has 0 saturated carbocycles. The highest BCUT2D eigenvalue weighted by molar-refractivity contribution is 4.88. The van der Waals surface area contributed by atoms with E-state index in [0.29, 0.717) is 6.61 Å². The molecular formula is C8H14O3. The lowest BCUT2D eigenvalue weighted by atomic mass is 10.2. The maximum atomic E-state index is 9.27. The van der Waals surface area contributed by atoms with Crippen LogP contribution >= 0.6 is 0 Å². The Bertz CT molecular complexity index is 153. The van der Waals surface area contributed by atoms with Crippen LogP contribution in [0.5, 0.6) is 0 Å². The van der Waals surface area contributed by atoms with Crippen LogP contribution < -0.4 is 0 Å². The van der Waals surface area contributed by atoms with Gasteiger partial charge < -0.3 is 14.6 Å². The van der Waals surface area contributed by atoms with E-state index in [0.717, 1.165) is 0 Å². The Morgan fingerprint density at radius 3 is 2.73 bits per heavy atom. The lowest BCUT2D eigenvalue weighted by Crippen LogP contribution is -2.28. The van der Waals surface area contributed by atoms with Crippen LogP contribution in [-0.2, 0) is 9.47 Å². The van der Waals surface area contributed by atoms with Crippen molar-refractivity contribution in [3.05, 3.63) is 12.7 Å². The molecule has 3 nitrogen and oxygen atoms in total. The van der Waals surface area contributed by atoms with Gasteiger partial charge in [0.1, 0.15) is 12.2 Å². The van der Waals surface area contributed by atoms with Gasteiger partial charge in [0, 0.05) is 0 Å². The molecule has 0 aliphatic carbocycles. The number of hydrogen-bond donors (Lipinski definition) is 1. The molecule has 0 unspecified atom stereocenters. The van der Waals surface area contributed by atoms with Crippen LogP contribution in [0.3, 0.4) is 0 Å². The molecule has 1 saturated heterocycles. The molecule has 2 atom stereocenters. The number of ether oxygens (including phenoxy) is 2. The van der Waals surface area contributed by atoms with E-state index in [4.69, 9.17) is 9.47 Å². The van der Waals surface area contributed by atoms with E-state index >= 15 is 0 Å². The molecular weight excluding hydrogens is 144 g/mol. The summed E-state index contributed by atoms with van der Waals surface area (Å²) in [4.78, 5) is 0. The molecule has 1 aliphatic heterocycles. The Morgan fingerprint density at radius 2 is 2.36 bits per heavy atom. The van der Waals surface area contributed by atoms with Crippen molar-refractivity contribution in [1.82, 2.24) is 0 Å². The van der Waals surface area contributed by atoms with E-state index in [2.05, 4.69) is 6.58 Å². The molecule has 11 heavy (non-hydrogen) atoms. The molecule has 1 N–H and O–H groups in total. The van der Waals surface area contributed by atoms with Crippen LogP contribution in [0.4, 0.5) is 0 Å². The molecule has 64 valence electrons. The van der Waals surface area contributed by atoms with Crippen LogP contribution in [-0.4, -0.2) is 29.7 Å². The van der Waals surface area contributed by atoms with Gasteiger partial charge in [-0.1, -0.05) is 6.08 Å². The van der Waals surface area contributed by atoms with Crippen LogP contribution in [0.2, 0.25) is 0 Å².